The van der Waals surface area contributed by atoms with Gasteiger partial charge in [0, 0.05) is 16.9 Å². The number of carbonyl (C=O) groups excluding carboxylic acids is 5. The van der Waals surface area contributed by atoms with Crippen molar-refractivity contribution in [2.24, 2.45) is 11.8 Å². The Hall–Kier alpha value is -6.46. The highest BCUT2D eigenvalue weighted by atomic mass is 35.5. The normalized spacial score (nSPS) is 12.8. The third-order valence-electron chi connectivity index (χ3n) is 10.5. The molecule has 0 saturated carbocycles. The van der Waals surface area contributed by atoms with E-state index in [1.54, 1.807) is 88.4 Å². The number of ketones is 1. The minimum Gasteiger partial charge on any atom is -0.460 e. The first-order chi connectivity index (χ1) is 30.0. The predicted molar refractivity (Wildman–Crippen MR) is 252 cm³/mol. The van der Waals surface area contributed by atoms with E-state index in [-0.39, 0.29) is 55.2 Å². The van der Waals surface area contributed by atoms with Gasteiger partial charge in [-0.3, -0.25) is 14.4 Å². The van der Waals surface area contributed by atoms with Crippen LogP contribution in [0.1, 0.15) is 104 Å². The fourth-order valence-electron chi connectivity index (χ4n) is 6.55. The van der Waals surface area contributed by atoms with Gasteiger partial charge < -0.3 is 29.6 Å². The summed E-state index contributed by atoms with van der Waals surface area (Å²) >= 11 is 0. The van der Waals surface area contributed by atoms with Crippen LogP contribution >= 0.6 is 12.4 Å². The van der Waals surface area contributed by atoms with Gasteiger partial charge in [0.05, 0.1) is 34.0 Å². The van der Waals surface area contributed by atoms with Gasteiger partial charge >= 0.3 is 23.9 Å². The number of hydrogen-bond donors (Lipinski definition) is 2. The molecule has 2 atom stereocenters. The van der Waals surface area contributed by atoms with Crippen molar-refractivity contribution in [2.75, 3.05) is 23.8 Å². The van der Waals surface area contributed by atoms with E-state index in [4.69, 9.17) is 18.9 Å². The molecule has 0 fully saturated rings. The van der Waals surface area contributed by atoms with Crippen LogP contribution in [0.25, 0.3) is 0 Å². The summed E-state index contributed by atoms with van der Waals surface area (Å²) in [6.07, 6.45) is 2.47. The van der Waals surface area contributed by atoms with Crippen LogP contribution < -0.4 is 20.1 Å². The molecule has 2 N–H and O–H groups in total. The van der Waals surface area contributed by atoms with Crippen LogP contribution in [0.15, 0.2) is 127 Å². The predicted octanol–water partition coefficient (Wildman–Crippen LogP) is 10.8. The van der Waals surface area contributed by atoms with E-state index in [0.717, 1.165) is 11.1 Å². The first-order valence-corrected chi connectivity index (χ1v) is 21.3. The molecule has 0 aliphatic heterocycles. The average molecular weight is 892 g/mol. The van der Waals surface area contributed by atoms with Crippen LogP contribution in [-0.4, -0.2) is 54.0 Å². The second-order valence-corrected chi connectivity index (χ2v) is 17.1. The SMILES string of the molecule is CC(=O)c1cc(NC(C)(CCc2ccccc2)COC(=O)c2ccc(OC(=O)C(C)C)cc2)cc(NC(C)(CCc2ccccc2)COC(=O)c2ccc(OC(=O)C(C)C)cc2)c1.Cl. The van der Waals surface area contributed by atoms with E-state index in [2.05, 4.69) is 10.6 Å². The monoisotopic (exact) mass is 890 g/mol. The zero-order valence-corrected chi connectivity index (χ0v) is 38.4. The number of Topliss-reactive ketones (excluding diaryl/α,β-unsaturated/α-hetero) is 1. The van der Waals surface area contributed by atoms with Crippen molar-refractivity contribution in [3.05, 3.63) is 155 Å². The maximum Gasteiger partial charge on any atom is 0.338 e. The van der Waals surface area contributed by atoms with Crippen molar-refractivity contribution in [2.45, 2.75) is 85.2 Å². The lowest BCUT2D eigenvalue weighted by Gasteiger charge is -2.34. The molecular weight excluding hydrogens is 832 g/mol. The van der Waals surface area contributed by atoms with Crippen LogP contribution in [0.3, 0.4) is 0 Å². The molecule has 0 amide bonds. The molecule has 0 aliphatic rings. The number of esters is 4. The largest absolute Gasteiger partial charge is 0.460 e. The number of rotatable bonds is 21. The summed E-state index contributed by atoms with van der Waals surface area (Å²) < 4.78 is 22.6. The molecule has 12 heteroatoms. The van der Waals surface area contributed by atoms with Gasteiger partial charge in [-0.2, -0.15) is 0 Å². The molecule has 0 saturated heterocycles. The van der Waals surface area contributed by atoms with Gasteiger partial charge in [-0.05, 0) is 124 Å². The highest BCUT2D eigenvalue weighted by Gasteiger charge is 2.30. The Morgan fingerprint density at radius 2 is 0.875 bits per heavy atom. The molecule has 2 unspecified atom stereocenters. The Kier molecular flexibility index (Phi) is 18.3. The number of anilines is 2. The van der Waals surface area contributed by atoms with Crippen LogP contribution in [0.2, 0.25) is 0 Å². The minimum absolute atomic E-state index is 0. The number of aryl methyl sites for hydroxylation is 2. The molecule has 0 spiro atoms. The molecule has 0 heterocycles. The lowest BCUT2D eigenvalue weighted by molar-refractivity contribution is -0.138. The number of nitrogens with one attached hydrogen (secondary N) is 2. The van der Waals surface area contributed by atoms with Gasteiger partial charge in [-0.1, -0.05) is 88.4 Å². The zero-order chi connectivity index (χ0) is 45.6. The molecule has 5 aromatic rings. The molecular formula is C52H59ClN2O9. The van der Waals surface area contributed by atoms with Crippen molar-refractivity contribution in [1.29, 1.82) is 0 Å². The van der Waals surface area contributed by atoms with Gasteiger partial charge in [-0.15, -0.1) is 12.4 Å². The molecule has 0 radical (unpaired) electrons. The molecule has 5 aromatic carbocycles. The standard InChI is InChI=1S/C52H58N2O9.ClH/c1-35(2)47(56)62-45-22-18-40(19-23-45)49(58)60-33-51(6,28-26-38-14-10-8-11-15-38)53-43-30-42(37(5)55)31-44(32-43)54-52(7,29-27-39-16-12-9-13-17-39)34-61-50(59)41-20-24-46(25-21-41)63-48(57)36(3)4;/h8-25,30-32,35-36,53-54H,26-29,33-34H2,1-7H3;1H. The summed E-state index contributed by atoms with van der Waals surface area (Å²) in [6, 6.07) is 37.9. The Morgan fingerprint density at radius 1 is 0.516 bits per heavy atom. The quantitative estimate of drug-likeness (QED) is 0.0412. The van der Waals surface area contributed by atoms with E-state index in [0.29, 0.717) is 65.2 Å². The summed E-state index contributed by atoms with van der Waals surface area (Å²) in [5.74, 6) is -1.91. The second kappa shape index (κ2) is 23.3. The highest BCUT2D eigenvalue weighted by Crippen LogP contribution is 2.30. The van der Waals surface area contributed by atoms with Crippen molar-refractivity contribution < 1.29 is 42.9 Å². The zero-order valence-electron chi connectivity index (χ0n) is 37.6. The van der Waals surface area contributed by atoms with Crippen LogP contribution in [0, 0.1) is 11.8 Å². The minimum atomic E-state index is -0.806. The van der Waals surface area contributed by atoms with Gasteiger partial charge in [-0.25, -0.2) is 9.59 Å². The number of carbonyl (C=O) groups is 5. The van der Waals surface area contributed by atoms with Gasteiger partial charge in [0.2, 0.25) is 0 Å². The summed E-state index contributed by atoms with van der Waals surface area (Å²) in [6.45, 7) is 12.4. The van der Waals surface area contributed by atoms with Crippen LogP contribution in [-0.2, 0) is 31.9 Å². The van der Waals surface area contributed by atoms with E-state index >= 15 is 0 Å². The van der Waals surface area contributed by atoms with Gasteiger partial charge in [0.1, 0.15) is 24.7 Å². The third-order valence-corrected chi connectivity index (χ3v) is 10.5. The fraction of sp³-hybridized carbons (Fsp3) is 0.327. The lowest BCUT2D eigenvalue weighted by atomic mass is 9.92. The van der Waals surface area contributed by atoms with E-state index in [9.17, 15) is 24.0 Å². The molecule has 0 aromatic heterocycles. The maximum absolute atomic E-state index is 13.4. The molecule has 0 bridgehead atoms. The number of benzene rings is 5. The van der Waals surface area contributed by atoms with E-state index in [1.807, 2.05) is 80.6 Å². The van der Waals surface area contributed by atoms with Gasteiger partial charge in [0.25, 0.3) is 0 Å². The first kappa shape index (κ1) is 50.2. The Morgan fingerprint density at radius 3 is 1.20 bits per heavy atom. The Balaban J connectivity index is 0.00000898. The van der Waals surface area contributed by atoms with Crippen LogP contribution in [0.4, 0.5) is 11.4 Å². The Bertz CT molecular complexity index is 2180. The Labute approximate surface area is 382 Å². The smallest absolute Gasteiger partial charge is 0.338 e. The van der Waals surface area contributed by atoms with Crippen molar-refractivity contribution in [3.8, 4) is 11.5 Å². The molecule has 5 rings (SSSR count). The number of ether oxygens (including phenoxy) is 4. The summed E-state index contributed by atoms with van der Waals surface area (Å²) in [5, 5.41) is 7.21. The summed E-state index contributed by atoms with van der Waals surface area (Å²) in [5.41, 5.74) is 2.89. The topological polar surface area (TPSA) is 146 Å². The summed E-state index contributed by atoms with van der Waals surface area (Å²) in [7, 11) is 0. The van der Waals surface area contributed by atoms with Crippen molar-refractivity contribution >= 4 is 53.4 Å². The van der Waals surface area contributed by atoms with E-state index in [1.165, 1.54) is 6.92 Å². The number of hydrogen-bond acceptors (Lipinski definition) is 11. The van der Waals surface area contributed by atoms with Crippen molar-refractivity contribution in [3.63, 3.8) is 0 Å². The van der Waals surface area contributed by atoms with Gasteiger partial charge in [0.15, 0.2) is 5.78 Å². The summed E-state index contributed by atoms with van der Waals surface area (Å²) in [4.78, 5) is 63.9. The molecule has 64 heavy (non-hydrogen) atoms. The maximum atomic E-state index is 13.4. The average Bonchev–Trinajstić information content (AvgIpc) is 3.27. The molecule has 11 nitrogen and oxygen atoms in total. The fourth-order valence-corrected chi connectivity index (χ4v) is 6.55. The van der Waals surface area contributed by atoms with E-state index < -0.39 is 23.0 Å². The van der Waals surface area contributed by atoms with Crippen LogP contribution in [0.5, 0.6) is 11.5 Å². The second-order valence-electron chi connectivity index (χ2n) is 17.1. The number of halogens is 1. The lowest BCUT2D eigenvalue weighted by Crippen LogP contribution is -2.42. The van der Waals surface area contributed by atoms with Crippen molar-refractivity contribution in [1.82, 2.24) is 0 Å². The molecule has 338 valence electrons. The first-order valence-electron chi connectivity index (χ1n) is 21.3. The highest BCUT2D eigenvalue weighted by molar-refractivity contribution is 5.96. The third kappa shape index (κ3) is 15.4. The molecule has 0 aliphatic carbocycles.